The highest BCUT2D eigenvalue weighted by atomic mass is 32.2. The molecule has 1 heterocycles. The van der Waals surface area contributed by atoms with Crippen LogP contribution in [0.3, 0.4) is 0 Å². The molecule has 0 saturated heterocycles. The number of sulfonamides is 1. The molecule has 0 aliphatic rings. The first-order valence-electron chi connectivity index (χ1n) is 4.22. The van der Waals surface area contributed by atoms with Crippen molar-refractivity contribution in [3.63, 3.8) is 0 Å². The molecule has 0 aliphatic carbocycles. The molecule has 0 radical (unpaired) electrons. The van der Waals surface area contributed by atoms with Crippen molar-refractivity contribution in [2.75, 3.05) is 6.54 Å². The minimum absolute atomic E-state index is 0.0164. The van der Waals surface area contributed by atoms with Gasteiger partial charge in [0.05, 0.1) is 4.90 Å². The molecule has 1 rings (SSSR count). The Morgan fingerprint density at radius 3 is 2.81 bits per heavy atom. The number of terminal acetylenes is 1. The van der Waals surface area contributed by atoms with Crippen LogP contribution in [0.4, 0.5) is 0 Å². The molecular formula is C9H9NO4S2. The Labute approximate surface area is 97.2 Å². The number of carboxylic acid groups (broad SMARTS) is 1. The first-order chi connectivity index (χ1) is 7.47. The molecule has 1 aromatic heterocycles. The van der Waals surface area contributed by atoms with E-state index < -0.39 is 16.0 Å². The number of nitrogens with one attached hydrogen (secondary N) is 1. The molecule has 0 bridgehead atoms. The van der Waals surface area contributed by atoms with Gasteiger partial charge in [-0.3, -0.25) is 0 Å². The predicted molar refractivity (Wildman–Crippen MR) is 59.9 cm³/mol. The summed E-state index contributed by atoms with van der Waals surface area (Å²) in [4.78, 5) is 10.5. The molecule has 0 aliphatic heterocycles. The molecule has 2 N–H and O–H groups in total. The van der Waals surface area contributed by atoms with Gasteiger partial charge in [-0.15, -0.1) is 23.7 Å². The van der Waals surface area contributed by atoms with E-state index in [4.69, 9.17) is 11.5 Å². The van der Waals surface area contributed by atoms with E-state index in [1.54, 1.807) is 0 Å². The number of thiophene rings is 1. The average Bonchev–Trinajstić information content (AvgIpc) is 2.67. The Hall–Kier alpha value is -1.36. The third kappa shape index (κ3) is 3.06. The zero-order chi connectivity index (χ0) is 12.2. The molecule has 0 amide bonds. The normalized spacial score (nSPS) is 10.9. The van der Waals surface area contributed by atoms with E-state index in [0.29, 0.717) is 0 Å². The standard InChI is InChI=1S/C9H9NO4S2/c1-2-3-4-10-16(13,14)7-5-8(9(11)12)15-6-7/h1,5-6,10H,3-4H2,(H,11,12). The molecule has 0 saturated carbocycles. The quantitative estimate of drug-likeness (QED) is 0.603. The molecule has 0 fully saturated rings. The van der Waals surface area contributed by atoms with Crippen molar-refractivity contribution in [1.82, 2.24) is 4.72 Å². The fourth-order valence-electron chi connectivity index (χ4n) is 0.913. The van der Waals surface area contributed by atoms with E-state index >= 15 is 0 Å². The van der Waals surface area contributed by atoms with Gasteiger partial charge in [0, 0.05) is 18.3 Å². The molecule has 7 heteroatoms. The van der Waals surface area contributed by atoms with Gasteiger partial charge >= 0.3 is 5.97 Å². The maximum atomic E-state index is 11.6. The summed E-state index contributed by atoms with van der Waals surface area (Å²) in [6.07, 6.45) is 5.27. The summed E-state index contributed by atoms with van der Waals surface area (Å²) in [5.74, 6) is 1.15. The van der Waals surface area contributed by atoms with Gasteiger partial charge in [0.2, 0.25) is 10.0 Å². The van der Waals surface area contributed by atoms with Gasteiger partial charge in [-0.25, -0.2) is 17.9 Å². The lowest BCUT2D eigenvalue weighted by molar-refractivity contribution is 0.0702. The van der Waals surface area contributed by atoms with Crippen molar-refractivity contribution in [2.45, 2.75) is 11.3 Å². The minimum atomic E-state index is -3.64. The van der Waals surface area contributed by atoms with Crippen molar-refractivity contribution < 1.29 is 18.3 Å². The topological polar surface area (TPSA) is 83.5 Å². The van der Waals surface area contributed by atoms with Crippen molar-refractivity contribution in [1.29, 1.82) is 0 Å². The van der Waals surface area contributed by atoms with Crippen molar-refractivity contribution in [2.24, 2.45) is 0 Å². The van der Waals surface area contributed by atoms with Crippen LogP contribution < -0.4 is 4.72 Å². The largest absolute Gasteiger partial charge is 0.477 e. The van der Waals surface area contributed by atoms with Gasteiger partial charge in [-0.2, -0.15) is 0 Å². The van der Waals surface area contributed by atoms with E-state index in [9.17, 15) is 13.2 Å². The molecule has 0 unspecified atom stereocenters. The van der Waals surface area contributed by atoms with Crippen LogP contribution in [0.2, 0.25) is 0 Å². The smallest absolute Gasteiger partial charge is 0.345 e. The lowest BCUT2D eigenvalue weighted by Gasteiger charge is -2.01. The fraction of sp³-hybridized carbons (Fsp3) is 0.222. The fourth-order valence-corrected chi connectivity index (χ4v) is 3.06. The second-order valence-corrected chi connectivity index (χ2v) is 5.48. The number of rotatable bonds is 5. The summed E-state index contributed by atoms with van der Waals surface area (Å²) in [6, 6.07) is 1.12. The van der Waals surface area contributed by atoms with E-state index in [-0.39, 0.29) is 22.7 Å². The Kier molecular flexibility index (Phi) is 4.06. The molecule has 0 spiro atoms. The van der Waals surface area contributed by atoms with Crippen LogP contribution >= 0.6 is 11.3 Å². The van der Waals surface area contributed by atoms with E-state index in [1.807, 2.05) is 0 Å². The van der Waals surface area contributed by atoms with Crippen LogP contribution in [0.25, 0.3) is 0 Å². The first kappa shape index (κ1) is 12.7. The van der Waals surface area contributed by atoms with Crippen molar-refractivity contribution >= 4 is 27.3 Å². The van der Waals surface area contributed by atoms with E-state index in [0.717, 1.165) is 17.4 Å². The molecule has 5 nitrogen and oxygen atoms in total. The van der Waals surface area contributed by atoms with E-state index in [1.165, 1.54) is 5.38 Å². The summed E-state index contributed by atoms with van der Waals surface area (Å²) in [6.45, 7) is 0.136. The third-order valence-corrected chi connectivity index (χ3v) is 4.17. The predicted octanol–water partition coefficient (Wildman–Crippen LogP) is 0.748. The van der Waals surface area contributed by atoms with Crippen LogP contribution in [0.5, 0.6) is 0 Å². The summed E-state index contributed by atoms with van der Waals surface area (Å²) in [5.41, 5.74) is 0. The Morgan fingerprint density at radius 1 is 1.62 bits per heavy atom. The number of hydrogen-bond donors (Lipinski definition) is 2. The van der Waals surface area contributed by atoms with Crippen LogP contribution in [-0.4, -0.2) is 26.0 Å². The number of carbonyl (C=O) groups is 1. The Morgan fingerprint density at radius 2 is 2.31 bits per heavy atom. The van der Waals surface area contributed by atoms with E-state index in [2.05, 4.69) is 10.6 Å². The minimum Gasteiger partial charge on any atom is -0.477 e. The van der Waals surface area contributed by atoms with Crippen LogP contribution in [0.15, 0.2) is 16.3 Å². The van der Waals surface area contributed by atoms with Crippen LogP contribution in [0.1, 0.15) is 16.1 Å². The Bertz CT molecular complexity index is 524. The molecule has 16 heavy (non-hydrogen) atoms. The number of hydrogen-bond acceptors (Lipinski definition) is 4. The lowest BCUT2D eigenvalue weighted by Crippen LogP contribution is -2.24. The molecule has 86 valence electrons. The maximum Gasteiger partial charge on any atom is 0.345 e. The third-order valence-electron chi connectivity index (χ3n) is 1.66. The molecular weight excluding hydrogens is 250 g/mol. The van der Waals surface area contributed by atoms with Gasteiger partial charge in [-0.05, 0) is 6.07 Å². The summed E-state index contributed by atoms with van der Waals surface area (Å²) in [7, 11) is -3.64. The van der Waals surface area contributed by atoms with Crippen LogP contribution in [-0.2, 0) is 10.0 Å². The second-order valence-electron chi connectivity index (χ2n) is 2.80. The van der Waals surface area contributed by atoms with Crippen molar-refractivity contribution in [3.8, 4) is 12.3 Å². The SMILES string of the molecule is C#CCCNS(=O)(=O)c1csc(C(=O)O)c1. The second kappa shape index (κ2) is 5.12. The first-order valence-corrected chi connectivity index (χ1v) is 6.58. The monoisotopic (exact) mass is 259 g/mol. The van der Waals surface area contributed by atoms with Gasteiger partial charge in [0.1, 0.15) is 4.88 Å². The van der Waals surface area contributed by atoms with Crippen molar-refractivity contribution in [3.05, 3.63) is 16.3 Å². The molecule has 1 aromatic rings. The summed E-state index contributed by atoms with van der Waals surface area (Å²) >= 11 is 0.865. The number of carboxylic acids is 1. The lowest BCUT2D eigenvalue weighted by atomic mass is 10.5. The van der Waals surface area contributed by atoms with Gasteiger partial charge < -0.3 is 5.11 Å². The molecule has 0 aromatic carbocycles. The van der Waals surface area contributed by atoms with Gasteiger partial charge in [0.15, 0.2) is 0 Å². The van der Waals surface area contributed by atoms with Crippen LogP contribution in [0, 0.1) is 12.3 Å². The Balaban J connectivity index is 2.83. The van der Waals surface area contributed by atoms with Gasteiger partial charge in [0.25, 0.3) is 0 Å². The summed E-state index contributed by atoms with van der Waals surface area (Å²) in [5, 5.41) is 9.93. The average molecular weight is 259 g/mol. The zero-order valence-corrected chi connectivity index (χ0v) is 9.77. The highest BCUT2D eigenvalue weighted by Gasteiger charge is 2.17. The highest BCUT2D eigenvalue weighted by molar-refractivity contribution is 7.89. The molecule has 0 atom stereocenters. The highest BCUT2D eigenvalue weighted by Crippen LogP contribution is 2.18. The summed E-state index contributed by atoms with van der Waals surface area (Å²) < 4.78 is 25.4. The zero-order valence-electron chi connectivity index (χ0n) is 8.13. The number of aromatic carboxylic acids is 1. The van der Waals surface area contributed by atoms with Gasteiger partial charge in [-0.1, -0.05) is 0 Å². The maximum absolute atomic E-state index is 11.6.